The van der Waals surface area contributed by atoms with E-state index in [4.69, 9.17) is 5.73 Å². The van der Waals surface area contributed by atoms with Crippen LogP contribution < -0.4 is 16.4 Å². The minimum absolute atomic E-state index is 0.0290. The normalized spacial score (nSPS) is 12.0. The molecule has 2 amide bonds. The van der Waals surface area contributed by atoms with Crippen LogP contribution in [0.1, 0.15) is 25.0 Å². The standard InChI is InChI=1S/C18H25N5O2/c1-13(2)17(19)18(25)22-10-16(24)21-9-14-4-3-5-15(8-14)11-23-7-6-20-12-23/h3-8,12-13,17H,9-11,19H2,1-2H3,(H,21,24)(H,22,25)/t17-/m0/s1. The van der Waals surface area contributed by atoms with Gasteiger partial charge in [0, 0.05) is 25.5 Å². The summed E-state index contributed by atoms with van der Waals surface area (Å²) in [6, 6.07) is 7.36. The van der Waals surface area contributed by atoms with Gasteiger partial charge >= 0.3 is 0 Å². The predicted molar refractivity (Wildman–Crippen MR) is 95.4 cm³/mol. The van der Waals surface area contributed by atoms with Crippen LogP contribution in [-0.4, -0.2) is 34.0 Å². The van der Waals surface area contributed by atoms with Crippen molar-refractivity contribution in [1.29, 1.82) is 0 Å². The van der Waals surface area contributed by atoms with Gasteiger partial charge in [-0.2, -0.15) is 0 Å². The van der Waals surface area contributed by atoms with Crippen molar-refractivity contribution in [1.82, 2.24) is 20.2 Å². The van der Waals surface area contributed by atoms with E-state index in [2.05, 4.69) is 15.6 Å². The number of amides is 2. The third-order valence-electron chi connectivity index (χ3n) is 3.85. The highest BCUT2D eigenvalue weighted by Crippen LogP contribution is 2.07. The Balaban J connectivity index is 1.78. The van der Waals surface area contributed by atoms with Crippen LogP contribution in [0.25, 0.3) is 0 Å². The maximum Gasteiger partial charge on any atom is 0.239 e. The molecule has 0 saturated heterocycles. The molecule has 4 N–H and O–H groups in total. The van der Waals surface area contributed by atoms with E-state index in [1.807, 2.05) is 48.9 Å². The van der Waals surface area contributed by atoms with Crippen molar-refractivity contribution in [2.24, 2.45) is 11.7 Å². The summed E-state index contributed by atoms with van der Waals surface area (Å²) in [7, 11) is 0. The number of hydrogen-bond donors (Lipinski definition) is 3. The van der Waals surface area contributed by atoms with Crippen molar-refractivity contribution in [2.45, 2.75) is 33.0 Å². The molecule has 1 heterocycles. The van der Waals surface area contributed by atoms with E-state index >= 15 is 0 Å². The number of aromatic nitrogens is 2. The van der Waals surface area contributed by atoms with Crippen LogP contribution in [0.3, 0.4) is 0 Å². The summed E-state index contributed by atoms with van der Waals surface area (Å²) >= 11 is 0. The van der Waals surface area contributed by atoms with Gasteiger partial charge in [0.25, 0.3) is 0 Å². The molecule has 0 fully saturated rings. The van der Waals surface area contributed by atoms with Gasteiger partial charge in [-0.3, -0.25) is 9.59 Å². The minimum atomic E-state index is -0.604. The van der Waals surface area contributed by atoms with Crippen LogP contribution in [-0.2, 0) is 22.7 Å². The molecule has 25 heavy (non-hydrogen) atoms. The number of benzene rings is 1. The lowest BCUT2D eigenvalue weighted by atomic mass is 10.1. The summed E-state index contributed by atoms with van der Waals surface area (Å²) in [6.45, 7) is 4.78. The Labute approximate surface area is 147 Å². The first-order valence-electron chi connectivity index (χ1n) is 8.29. The fourth-order valence-corrected chi connectivity index (χ4v) is 2.28. The van der Waals surface area contributed by atoms with Gasteiger partial charge in [-0.05, 0) is 17.0 Å². The smallest absolute Gasteiger partial charge is 0.239 e. The molecule has 7 heteroatoms. The van der Waals surface area contributed by atoms with Crippen molar-refractivity contribution in [2.75, 3.05) is 6.54 Å². The Morgan fingerprint density at radius 2 is 2.00 bits per heavy atom. The van der Waals surface area contributed by atoms with Crippen molar-refractivity contribution in [3.05, 3.63) is 54.1 Å². The fourth-order valence-electron chi connectivity index (χ4n) is 2.28. The summed E-state index contributed by atoms with van der Waals surface area (Å²) in [5.74, 6) is -0.530. The lowest BCUT2D eigenvalue weighted by molar-refractivity contribution is -0.127. The van der Waals surface area contributed by atoms with Gasteiger partial charge in [-0.15, -0.1) is 0 Å². The Kier molecular flexibility index (Phi) is 6.71. The maximum absolute atomic E-state index is 11.9. The van der Waals surface area contributed by atoms with Gasteiger partial charge in [-0.1, -0.05) is 38.1 Å². The number of carbonyl (C=O) groups excluding carboxylic acids is 2. The molecule has 0 radical (unpaired) electrons. The summed E-state index contributed by atoms with van der Waals surface area (Å²) in [4.78, 5) is 27.6. The van der Waals surface area contributed by atoms with Gasteiger partial charge in [0.2, 0.25) is 11.8 Å². The van der Waals surface area contributed by atoms with Crippen LogP contribution in [0.15, 0.2) is 43.0 Å². The monoisotopic (exact) mass is 343 g/mol. The van der Waals surface area contributed by atoms with E-state index in [1.54, 1.807) is 12.5 Å². The van der Waals surface area contributed by atoms with E-state index in [0.717, 1.165) is 17.7 Å². The average molecular weight is 343 g/mol. The molecular weight excluding hydrogens is 318 g/mol. The van der Waals surface area contributed by atoms with E-state index in [9.17, 15) is 9.59 Å². The van der Waals surface area contributed by atoms with Gasteiger partial charge in [-0.25, -0.2) is 4.98 Å². The Bertz CT molecular complexity index is 697. The molecule has 134 valence electrons. The number of rotatable bonds is 8. The fraction of sp³-hybridized carbons (Fsp3) is 0.389. The van der Waals surface area contributed by atoms with Gasteiger partial charge in [0.15, 0.2) is 0 Å². The second-order valence-corrected chi connectivity index (χ2v) is 6.32. The largest absolute Gasteiger partial charge is 0.350 e. The molecule has 0 aliphatic rings. The third kappa shape index (κ3) is 6.04. The van der Waals surface area contributed by atoms with E-state index < -0.39 is 6.04 Å². The number of hydrogen-bond acceptors (Lipinski definition) is 4. The van der Waals surface area contributed by atoms with Crippen molar-refractivity contribution >= 4 is 11.8 Å². The third-order valence-corrected chi connectivity index (χ3v) is 3.85. The van der Waals surface area contributed by atoms with Crippen LogP contribution >= 0.6 is 0 Å². The molecule has 0 unspecified atom stereocenters. The van der Waals surface area contributed by atoms with Crippen molar-refractivity contribution in [3.8, 4) is 0 Å². The zero-order chi connectivity index (χ0) is 18.2. The van der Waals surface area contributed by atoms with Crippen LogP contribution in [0.2, 0.25) is 0 Å². The first kappa shape index (κ1) is 18.7. The molecule has 1 aromatic heterocycles. The number of imidazole rings is 1. The highest BCUT2D eigenvalue weighted by Gasteiger charge is 2.17. The van der Waals surface area contributed by atoms with E-state index in [1.165, 1.54) is 0 Å². The SMILES string of the molecule is CC(C)[C@H](N)C(=O)NCC(=O)NCc1cccc(Cn2ccnc2)c1. The molecule has 0 aliphatic carbocycles. The first-order chi connectivity index (χ1) is 12.0. The minimum Gasteiger partial charge on any atom is -0.350 e. The quantitative estimate of drug-likeness (QED) is 0.655. The summed E-state index contributed by atoms with van der Waals surface area (Å²) in [6.07, 6.45) is 5.40. The molecule has 0 spiro atoms. The van der Waals surface area contributed by atoms with E-state index in [-0.39, 0.29) is 24.3 Å². The number of nitrogens with zero attached hydrogens (tertiary/aromatic N) is 2. The van der Waals surface area contributed by atoms with Crippen molar-refractivity contribution in [3.63, 3.8) is 0 Å². The summed E-state index contributed by atoms with van der Waals surface area (Å²) < 4.78 is 1.98. The van der Waals surface area contributed by atoms with Gasteiger partial charge < -0.3 is 20.9 Å². The molecule has 0 aliphatic heterocycles. The maximum atomic E-state index is 11.9. The molecule has 0 bridgehead atoms. The number of nitrogens with two attached hydrogens (primary N) is 1. The van der Waals surface area contributed by atoms with Crippen LogP contribution in [0.5, 0.6) is 0 Å². The Morgan fingerprint density at radius 3 is 2.68 bits per heavy atom. The van der Waals surface area contributed by atoms with Crippen LogP contribution in [0.4, 0.5) is 0 Å². The number of carbonyl (C=O) groups is 2. The molecule has 2 rings (SSSR count). The van der Waals surface area contributed by atoms with Crippen molar-refractivity contribution < 1.29 is 9.59 Å². The molecule has 0 saturated carbocycles. The highest BCUT2D eigenvalue weighted by atomic mass is 16.2. The molecule has 2 aromatic rings. The molecule has 1 aromatic carbocycles. The molecule has 7 nitrogen and oxygen atoms in total. The zero-order valence-corrected chi connectivity index (χ0v) is 14.6. The second-order valence-electron chi connectivity index (χ2n) is 6.32. The summed E-state index contributed by atoms with van der Waals surface area (Å²) in [5.41, 5.74) is 7.86. The lowest BCUT2D eigenvalue weighted by Gasteiger charge is -2.15. The molecular formula is C18H25N5O2. The zero-order valence-electron chi connectivity index (χ0n) is 14.6. The number of nitrogens with one attached hydrogen (secondary N) is 2. The van der Waals surface area contributed by atoms with Crippen LogP contribution in [0, 0.1) is 5.92 Å². The average Bonchev–Trinajstić information content (AvgIpc) is 3.10. The highest BCUT2D eigenvalue weighted by molar-refractivity contribution is 5.87. The molecule has 1 atom stereocenters. The van der Waals surface area contributed by atoms with E-state index in [0.29, 0.717) is 6.54 Å². The Morgan fingerprint density at radius 1 is 1.24 bits per heavy atom. The second kappa shape index (κ2) is 8.98. The topological polar surface area (TPSA) is 102 Å². The predicted octanol–water partition coefficient (Wildman–Crippen LogP) is 0.647. The Hall–Kier alpha value is -2.67. The van der Waals surface area contributed by atoms with Gasteiger partial charge in [0.1, 0.15) is 0 Å². The lowest BCUT2D eigenvalue weighted by Crippen LogP contribution is -2.47. The summed E-state index contributed by atoms with van der Waals surface area (Å²) in [5, 5.41) is 5.35. The first-order valence-corrected chi connectivity index (χ1v) is 8.29. The van der Waals surface area contributed by atoms with Gasteiger partial charge in [0.05, 0.1) is 18.9 Å².